The molecule has 2 aromatic rings. The number of rotatable bonds is 1. The van der Waals surface area contributed by atoms with Crippen LogP contribution in [0.2, 0.25) is 0 Å². The highest BCUT2D eigenvalue weighted by molar-refractivity contribution is 9.10. The zero-order valence-electron chi connectivity index (χ0n) is 9.22. The zero-order valence-corrected chi connectivity index (χ0v) is 10.8. The predicted octanol–water partition coefficient (Wildman–Crippen LogP) is 3.95. The molecule has 16 heavy (non-hydrogen) atoms. The Balaban J connectivity index is 2.24. The summed E-state index contributed by atoms with van der Waals surface area (Å²) >= 11 is 3.53. The number of fused-ring (bicyclic) bond motifs is 3. The van der Waals surface area contributed by atoms with Gasteiger partial charge in [0.1, 0.15) is 0 Å². The lowest BCUT2D eigenvalue weighted by Crippen LogP contribution is -2.10. The Morgan fingerprint density at radius 3 is 3.12 bits per heavy atom. The number of hydrogen-bond donors (Lipinski definition) is 1. The summed E-state index contributed by atoms with van der Waals surface area (Å²) in [6.45, 7) is 0. The summed E-state index contributed by atoms with van der Waals surface area (Å²) in [5.74, 6) is 0. The smallest absolute Gasteiger partial charge is 0.0971 e. The molecule has 0 saturated heterocycles. The molecule has 3 heteroatoms. The van der Waals surface area contributed by atoms with E-state index in [0.717, 1.165) is 17.3 Å². The second-order valence-corrected chi connectivity index (χ2v) is 5.24. The number of aryl methyl sites for hydroxylation is 1. The standard InChI is InChI=1S/C13H14BrNO/c1-16-12-4-2-3-9-10-7-8(14)5-6-11(10)15-13(9)12/h5-7,12,15H,2-4H2,1H3. The lowest BCUT2D eigenvalue weighted by Gasteiger charge is -2.20. The third-order valence-corrected chi connectivity index (χ3v) is 3.89. The van der Waals surface area contributed by atoms with Crippen molar-refractivity contribution in [3.8, 4) is 0 Å². The maximum atomic E-state index is 5.53. The first kappa shape index (κ1) is 10.4. The molecule has 0 aliphatic heterocycles. The quantitative estimate of drug-likeness (QED) is 0.840. The highest BCUT2D eigenvalue weighted by atomic mass is 79.9. The van der Waals surface area contributed by atoms with E-state index in [2.05, 4.69) is 39.1 Å². The number of benzene rings is 1. The van der Waals surface area contributed by atoms with Crippen LogP contribution in [0.1, 0.15) is 30.2 Å². The van der Waals surface area contributed by atoms with Crippen LogP contribution in [0.3, 0.4) is 0 Å². The van der Waals surface area contributed by atoms with Crippen molar-refractivity contribution in [2.24, 2.45) is 0 Å². The maximum Gasteiger partial charge on any atom is 0.0971 e. The van der Waals surface area contributed by atoms with Gasteiger partial charge in [-0.05, 0) is 43.0 Å². The van der Waals surface area contributed by atoms with E-state index in [9.17, 15) is 0 Å². The zero-order chi connectivity index (χ0) is 11.1. The highest BCUT2D eigenvalue weighted by Gasteiger charge is 2.23. The molecular formula is C13H14BrNO. The Morgan fingerprint density at radius 1 is 1.44 bits per heavy atom. The molecule has 1 aromatic carbocycles. The van der Waals surface area contributed by atoms with Crippen LogP contribution in [-0.2, 0) is 11.2 Å². The van der Waals surface area contributed by atoms with Gasteiger partial charge < -0.3 is 9.72 Å². The van der Waals surface area contributed by atoms with Crippen LogP contribution in [-0.4, -0.2) is 12.1 Å². The number of aromatic nitrogens is 1. The minimum atomic E-state index is 0.245. The molecule has 1 aliphatic rings. The van der Waals surface area contributed by atoms with Crippen molar-refractivity contribution in [1.29, 1.82) is 0 Å². The predicted molar refractivity (Wildman–Crippen MR) is 68.7 cm³/mol. The van der Waals surface area contributed by atoms with E-state index in [4.69, 9.17) is 4.74 Å². The molecule has 1 atom stereocenters. The van der Waals surface area contributed by atoms with Crippen LogP contribution in [0.25, 0.3) is 10.9 Å². The van der Waals surface area contributed by atoms with Crippen LogP contribution < -0.4 is 0 Å². The molecule has 0 radical (unpaired) electrons. The van der Waals surface area contributed by atoms with Crippen LogP contribution in [0, 0.1) is 0 Å². The lowest BCUT2D eigenvalue weighted by atomic mass is 9.93. The number of nitrogens with one attached hydrogen (secondary N) is 1. The molecule has 1 aromatic heterocycles. The van der Waals surface area contributed by atoms with Crippen molar-refractivity contribution in [3.05, 3.63) is 33.9 Å². The van der Waals surface area contributed by atoms with Crippen LogP contribution in [0.4, 0.5) is 0 Å². The molecule has 2 nitrogen and oxygen atoms in total. The van der Waals surface area contributed by atoms with Crippen molar-refractivity contribution in [1.82, 2.24) is 4.98 Å². The third kappa shape index (κ3) is 1.50. The largest absolute Gasteiger partial charge is 0.375 e. The fourth-order valence-corrected chi connectivity index (χ4v) is 2.99. The van der Waals surface area contributed by atoms with Gasteiger partial charge in [0.2, 0.25) is 0 Å². The molecule has 1 aliphatic carbocycles. The number of hydrogen-bond acceptors (Lipinski definition) is 1. The summed E-state index contributed by atoms with van der Waals surface area (Å²) < 4.78 is 6.67. The summed E-state index contributed by atoms with van der Waals surface area (Å²) in [7, 11) is 1.79. The second-order valence-electron chi connectivity index (χ2n) is 4.32. The van der Waals surface area contributed by atoms with Crippen LogP contribution in [0.5, 0.6) is 0 Å². The van der Waals surface area contributed by atoms with Crippen LogP contribution >= 0.6 is 15.9 Å². The molecule has 0 spiro atoms. The van der Waals surface area contributed by atoms with Crippen molar-refractivity contribution in [3.63, 3.8) is 0 Å². The molecule has 1 unspecified atom stereocenters. The maximum absolute atomic E-state index is 5.53. The first-order chi connectivity index (χ1) is 7.79. The van der Waals surface area contributed by atoms with Crippen LogP contribution in [0.15, 0.2) is 22.7 Å². The summed E-state index contributed by atoms with van der Waals surface area (Å²) in [5.41, 5.74) is 3.94. The molecule has 0 saturated carbocycles. The van der Waals surface area contributed by atoms with Crippen molar-refractivity contribution < 1.29 is 4.74 Å². The molecule has 0 amide bonds. The number of ether oxygens (including phenoxy) is 1. The van der Waals surface area contributed by atoms with E-state index in [1.54, 1.807) is 7.11 Å². The molecule has 1 N–H and O–H groups in total. The average molecular weight is 280 g/mol. The van der Waals surface area contributed by atoms with E-state index in [1.807, 2.05) is 0 Å². The molecular weight excluding hydrogens is 266 g/mol. The number of halogens is 1. The SMILES string of the molecule is COC1CCCc2c1[nH]c1ccc(Br)cc21. The van der Waals surface area contributed by atoms with E-state index < -0.39 is 0 Å². The topological polar surface area (TPSA) is 25.0 Å². The van der Waals surface area contributed by atoms with Gasteiger partial charge in [-0.1, -0.05) is 15.9 Å². The van der Waals surface area contributed by atoms with E-state index in [1.165, 1.54) is 28.6 Å². The van der Waals surface area contributed by atoms with Crippen molar-refractivity contribution >= 4 is 26.8 Å². The fourth-order valence-electron chi connectivity index (χ4n) is 2.63. The fraction of sp³-hybridized carbons (Fsp3) is 0.385. The van der Waals surface area contributed by atoms with E-state index in [0.29, 0.717) is 0 Å². The third-order valence-electron chi connectivity index (χ3n) is 3.40. The lowest BCUT2D eigenvalue weighted by molar-refractivity contribution is 0.0852. The minimum Gasteiger partial charge on any atom is -0.375 e. The Kier molecular flexibility index (Phi) is 2.52. The minimum absolute atomic E-state index is 0.245. The van der Waals surface area contributed by atoms with Crippen molar-refractivity contribution in [2.45, 2.75) is 25.4 Å². The summed E-state index contributed by atoms with van der Waals surface area (Å²) in [4.78, 5) is 3.50. The number of methoxy groups -OCH3 is 1. The second kappa shape index (κ2) is 3.90. The van der Waals surface area contributed by atoms with Gasteiger partial charge in [0.25, 0.3) is 0 Å². The summed E-state index contributed by atoms with van der Waals surface area (Å²) in [6, 6.07) is 6.40. The molecule has 1 heterocycles. The average Bonchev–Trinajstić information content (AvgIpc) is 2.67. The Labute approximate surface area is 103 Å². The molecule has 0 fully saturated rings. The van der Waals surface area contributed by atoms with Crippen molar-refractivity contribution in [2.75, 3.05) is 7.11 Å². The number of aromatic amines is 1. The van der Waals surface area contributed by atoms with Gasteiger partial charge in [0.15, 0.2) is 0 Å². The van der Waals surface area contributed by atoms with Gasteiger partial charge in [0.05, 0.1) is 6.10 Å². The Hall–Kier alpha value is -0.800. The van der Waals surface area contributed by atoms with Gasteiger partial charge in [-0.25, -0.2) is 0 Å². The molecule has 0 bridgehead atoms. The first-order valence-electron chi connectivity index (χ1n) is 5.62. The van der Waals surface area contributed by atoms with E-state index >= 15 is 0 Å². The summed E-state index contributed by atoms with van der Waals surface area (Å²) in [5, 5.41) is 1.34. The van der Waals surface area contributed by atoms with Gasteiger partial charge in [0, 0.05) is 28.2 Å². The molecule has 3 rings (SSSR count). The first-order valence-corrected chi connectivity index (χ1v) is 6.41. The normalized spacial score (nSPS) is 20.0. The van der Waals surface area contributed by atoms with Gasteiger partial charge in [-0.2, -0.15) is 0 Å². The number of H-pyrrole nitrogens is 1. The van der Waals surface area contributed by atoms with Gasteiger partial charge in [-0.3, -0.25) is 0 Å². The van der Waals surface area contributed by atoms with E-state index in [-0.39, 0.29) is 6.10 Å². The monoisotopic (exact) mass is 279 g/mol. The van der Waals surface area contributed by atoms with Gasteiger partial charge in [-0.15, -0.1) is 0 Å². The highest BCUT2D eigenvalue weighted by Crippen LogP contribution is 2.37. The van der Waals surface area contributed by atoms with Gasteiger partial charge >= 0.3 is 0 Å². The summed E-state index contributed by atoms with van der Waals surface area (Å²) in [6.07, 6.45) is 3.74. The Morgan fingerprint density at radius 2 is 2.31 bits per heavy atom. The molecule has 84 valence electrons. The Bertz CT molecular complexity index is 532.